The number of carbonyl (C=O) groups excluding carboxylic acids is 2. The van der Waals surface area contributed by atoms with Crippen LogP contribution in [0.3, 0.4) is 0 Å². The molecule has 1 N–H and O–H groups in total. The molecule has 138 valence electrons. The van der Waals surface area contributed by atoms with Gasteiger partial charge in [-0.05, 0) is 18.6 Å². The molecule has 0 spiro atoms. The second kappa shape index (κ2) is 7.28. The van der Waals surface area contributed by atoms with Gasteiger partial charge in [-0.25, -0.2) is 0 Å². The van der Waals surface area contributed by atoms with Gasteiger partial charge in [0.05, 0.1) is 5.57 Å². The standard InChI is InChI=1S/C25H20O3/c1-16-8-7-11-18(14-16)22(26)15-21(17-9-3-2-4-10-17)23-24(27)19-12-5-6-13-20(19)25(23)28/h2-14,21,27H,15H2,1H3/t21-/m1/s1. The number of Topliss-reactive ketones (excluding diaryl/α,β-unsaturated/α-hetero) is 2. The van der Waals surface area contributed by atoms with Crippen LogP contribution in [-0.2, 0) is 0 Å². The van der Waals surface area contributed by atoms with Crippen LogP contribution in [0.15, 0.2) is 84.4 Å². The molecule has 0 fully saturated rings. The monoisotopic (exact) mass is 368 g/mol. The molecule has 0 radical (unpaired) electrons. The Morgan fingerprint density at radius 1 is 0.893 bits per heavy atom. The molecule has 0 bridgehead atoms. The molecule has 0 aliphatic heterocycles. The van der Waals surface area contributed by atoms with Crippen LogP contribution in [0, 0.1) is 6.92 Å². The van der Waals surface area contributed by atoms with Gasteiger partial charge < -0.3 is 5.11 Å². The van der Waals surface area contributed by atoms with E-state index in [1.165, 1.54) is 0 Å². The highest BCUT2D eigenvalue weighted by Gasteiger charge is 2.36. The van der Waals surface area contributed by atoms with Crippen molar-refractivity contribution in [2.45, 2.75) is 19.3 Å². The lowest BCUT2D eigenvalue weighted by Gasteiger charge is -2.18. The van der Waals surface area contributed by atoms with Crippen molar-refractivity contribution in [2.24, 2.45) is 0 Å². The van der Waals surface area contributed by atoms with Gasteiger partial charge in [-0.2, -0.15) is 0 Å². The van der Waals surface area contributed by atoms with E-state index in [9.17, 15) is 14.7 Å². The van der Waals surface area contributed by atoms with Crippen LogP contribution in [-0.4, -0.2) is 16.7 Å². The highest BCUT2D eigenvalue weighted by molar-refractivity contribution is 6.20. The predicted molar refractivity (Wildman–Crippen MR) is 110 cm³/mol. The number of ketones is 2. The lowest BCUT2D eigenvalue weighted by Crippen LogP contribution is -2.15. The normalized spacial score (nSPS) is 14.1. The van der Waals surface area contributed by atoms with Crippen molar-refractivity contribution in [3.63, 3.8) is 0 Å². The van der Waals surface area contributed by atoms with Gasteiger partial charge in [-0.15, -0.1) is 0 Å². The summed E-state index contributed by atoms with van der Waals surface area (Å²) in [4.78, 5) is 26.1. The molecule has 0 saturated heterocycles. The Bertz CT molecular complexity index is 1090. The zero-order chi connectivity index (χ0) is 19.7. The summed E-state index contributed by atoms with van der Waals surface area (Å²) in [5.41, 5.74) is 3.78. The minimum absolute atomic E-state index is 0.0218. The third kappa shape index (κ3) is 3.16. The van der Waals surface area contributed by atoms with Gasteiger partial charge in [-0.3, -0.25) is 9.59 Å². The third-order valence-electron chi connectivity index (χ3n) is 5.21. The lowest BCUT2D eigenvalue weighted by atomic mass is 9.83. The van der Waals surface area contributed by atoms with Gasteiger partial charge in [0.1, 0.15) is 5.76 Å². The Labute approximate surface area is 164 Å². The van der Waals surface area contributed by atoms with Gasteiger partial charge in [0.2, 0.25) is 0 Å². The predicted octanol–water partition coefficient (Wildman–Crippen LogP) is 5.52. The topological polar surface area (TPSA) is 54.4 Å². The Morgan fingerprint density at radius 2 is 1.57 bits per heavy atom. The number of allylic oxidation sites excluding steroid dienone is 1. The van der Waals surface area contributed by atoms with E-state index in [1.807, 2.05) is 55.5 Å². The van der Waals surface area contributed by atoms with Gasteiger partial charge >= 0.3 is 0 Å². The minimum atomic E-state index is -0.505. The maximum atomic E-state index is 13.1. The maximum absolute atomic E-state index is 13.1. The first kappa shape index (κ1) is 17.9. The lowest BCUT2D eigenvalue weighted by molar-refractivity contribution is 0.0972. The molecule has 0 saturated carbocycles. The molecule has 0 aromatic heterocycles. The fourth-order valence-electron chi connectivity index (χ4n) is 3.80. The summed E-state index contributed by atoms with van der Waals surface area (Å²) in [5.74, 6) is -0.791. The second-order valence-corrected chi connectivity index (χ2v) is 7.10. The summed E-state index contributed by atoms with van der Waals surface area (Å²) < 4.78 is 0. The smallest absolute Gasteiger partial charge is 0.194 e. The van der Waals surface area contributed by atoms with Gasteiger partial charge in [0.25, 0.3) is 0 Å². The van der Waals surface area contributed by atoms with E-state index in [2.05, 4.69) is 0 Å². The van der Waals surface area contributed by atoms with E-state index in [0.29, 0.717) is 22.3 Å². The van der Waals surface area contributed by atoms with Crippen LogP contribution in [0.1, 0.15) is 49.7 Å². The van der Waals surface area contributed by atoms with Crippen molar-refractivity contribution in [2.75, 3.05) is 0 Å². The first-order chi connectivity index (χ1) is 13.6. The van der Waals surface area contributed by atoms with Gasteiger partial charge in [0, 0.05) is 29.0 Å². The zero-order valence-electron chi connectivity index (χ0n) is 15.6. The average molecular weight is 368 g/mol. The van der Waals surface area contributed by atoms with E-state index in [-0.39, 0.29) is 23.7 Å². The maximum Gasteiger partial charge on any atom is 0.194 e. The molecular formula is C25H20O3. The molecule has 3 nitrogen and oxygen atoms in total. The second-order valence-electron chi connectivity index (χ2n) is 7.10. The van der Waals surface area contributed by atoms with Crippen LogP contribution in [0.2, 0.25) is 0 Å². The summed E-state index contributed by atoms with van der Waals surface area (Å²) in [6.07, 6.45) is 0.118. The van der Waals surface area contributed by atoms with Crippen LogP contribution in [0.5, 0.6) is 0 Å². The van der Waals surface area contributed by atoms with E-state index < -0.39 is 5.92 Å². The molecule has 3 heteroatoms. The first-order valence-corrected chi connectivity index (χ1v) is 9.28. The van der Waals surface area contributed by atoms with E-state index in [4.69, 9.17) is 0 Å². The first-order valence-electron chi connectivity index (χ1n) is 9.28. The number of fused-ring (bicyclic) bond motifs is 1. The summed E-state index contributed by atoms with van der Waals surface area (Å²) >= 11 is 0. The number of benzene rings is 3. The van der Waals surface area contributed by atoms with Crippen LogP contribution < -0.4 is 0 Å². The Morgan fingerprint density at radius 3 is 2.25 bits per heavy atom. The highest BCUT2D eigenvalue weighted by Crippen LogP contribution is 2.41. The van der Waals surface area contributed by atoms with E-state index >= 15 is 0 Å². The molecule has 4 rings (SSSR count). The highest BCUT2D eigenvalue weighted by atomic mass is 16.3. The number of aliphatic hydroxyl groups excluding tert-OH is 1. The Balaban J connectivity index is 1.77. The summed E-state index contributed by atoms with van der Waals surface area (Å²) in [6, 6.07) is 23.9. The number of aryl methyl sites for hydroxylation is 1. The molecule has 28 heavy (non-hydrogen) atoms. The van der Waals surface area contributed by atoms with Gasteiger partial charge in [-0.1, -0.05) is 78.4 Å². The fourth-order valence-corrected chi connectivity index (χ4v) is 3.80. The van der Waals surface area contributed by atoms with Crippen LogP contribution >= 0.6 is 0 Å². The fraction of sp³-hybridized carbons (Fsp3) is 0.120. The van der Waals surface area contributed by atoms with Gasteiger partial charge in [0.15, 0.2) is 11.6 Å². The number of aliphatic hydroxyl groups is 1. The molecule has 0 unspecified atom stereocenters. The molecule has 1 atom stereocenters. The number of hydrogen-bond acceptors (Lipinski definition) is 3. The van der Waals surface area contributed by atoms with Crippen molar-refractivity contribution in [3.8, 4) is 0 Å². The largest absolute Gasteiger partial charge is 0.507 e. The van der Waals surface area contributed by atoms with Crippen molar-refractivity contribution >= 4 is 17.3 Å². The average Bonchev–Trinajstić information content (AvgIpc) is 2.97. The molecule has 0 amide bonds. The van der Waals surface area contributed by atoms with Crippen molar-refractivity contribution in [1.82, 2.24) is 0 Å². The molecule has 3 aromatic rings. The molecule has 0 heterocycles. The molecule has 1 aliphatic carbocycles. The summed E-state index contributed by atoms with van der Waals surface area (Å²) in [5, 5.41) is 10.8. The Hall–Kier alpha value is -3.46. The third-order valence-corrected chi connectivity index (χ3v) is 5.21. The van der Waals surface area contributed by atoms with E-state index in [1.54, 1.807) is 30.3 Å². The van der Waals surface area contributed by atoms with Crippen molar-refractivity contribution in [1.29, 1.82) is 0 Å². The number of rotatable bonds is 5. The van der Waals surface area contributed by atoms with Crippen LogP contribution in [0.25, 0.3) is 5.76 Å². The quantitative estimate of drug-likeness (QED) is 0.604. The van der Waals surface area contributed by atoms with E-state index in [0.717, 1.165) is 11.1 Å². The Kier molecular flexibility index (Phi) is 4.66. The SMILES string of the molecule is Cc1cccc(C(=O)C[C@@H](C2=C(O)c3ccccc3C2=O)c2ccccc2)c1. The molecule has 1 aliphatic rings. The van der Waals surface area contributed by atoms with Crippen molar-refractivity contribution in [3.05, 3.63) is 112 Å². The van der Waals surface area contributed by atoms with Crippen molar-refractivity contribution < 1.29 is 14.7 Å². The minimum Gasteiger partial charge on any atom is -0.507 e. The molecular weight excluding hydrogens is 348 g/mol. The number of carbonyl (C=O) groups is 2. The zero-order valence-corrected chi connectivity index (χ0v) is 15.6. The summed E-state index contributed by atoms with van der Waals surface area (Å²) in [7, 11) is 0. The van der Waals surface area contributed by atoms with Crippen LogP contribution in [0.4, 0.5) is 0 Å². The molecule has 3 aromatic carbocycles. The number of hydrogen-bond donors (Lipinski definition) is 1. The summed E-state index contributed by atoms with van der Waals surface area (Å²) in [6.45, 7) is 1.94.